The van der Waals surface area contributed by atoms with E-state index in [4.69, 9.17) is 0 Å². The lowest BCUT2D eigenvalue weighted by Crippen LogP contribution is -2.48. The molecule has 1 aromatic carbocycles. The summed E-state index contributed by atoms with van der Waals surface area (Å²) in [5.74, 6) is 1.72. The molecule has 5 rings (SSSR count). The molecule has 0 radical (unpaired) electrons. The average Bonchev–Trinajstić information content (AvgIpc) is 3.48. The van der Waals surface area contributed by atoms with E-state index < -0.39 is 0 Å². The van der Waals surface area contributed by atoms with Crippen molar-refractivity contribution in [3.63, 3.8) is 0 Å². The summed E-state index contributed by atoms with van der Waals surface area (Å²) in [5, 5.41) is 10.6. The van der Waals surface area contributed by atoms with E-state index >= 15 is 0 Å². The standard InChI is InChI=1S/C24H28N6O2S/c1-17(2)16-29-23(32)22-19(10-15-33-22)30-20(25-26-24(29)30)8-9-21(31)28-13-11-27(12-14-28)18-6-4-3-5-7-18/h3-7,10,15,17H,8-9,11-14,16H2,1-2H3. The van der Waals surface area contributed by atoms with Crippen LogP contribution in [0, 0.1) is 5.92 Å². The highest BCUT2D eigenvalue weighted by atomic mass is 32.1. The van der Waals surface area contributed by atoms with Gasteiger partial charge < -0.3 is 9.80 Å². The Hall–Kier alpha value is -3.20. The Kier molecular flexibility index (Phi) is 5.88. The molecule has 1 aliphatic rings. The molecule has 1 fully saturated rings. The molecule has 3 aromatic heterocycles. The number of amides is 1. The van der Waals surface area contributed by atoms with Gasteiger partial charge in [0.15, 0.2) is 0 Å². The Morgan fingerprint density at radius 3 is 2.55 bits per heavy atom. The number of fused-ring (bicyclic) bond motifs is 3. The molecule has 33 heavy (non-hydrogen) atoms. The van der Waals surface area contributed by atoms with Crippen LogP contribution in [0.5, 0.6) is 0 Å². The first-order valence-corrected chi connectivity index (χ1v) is 12.3. The van der Waals surface area contributed by atoms with Crippen molar-refractivity contribution in [3.05, 3.63) is 58.0 Å². The molecule has 8 nitrogen and oxygen atoms in total. The highest BCUT2D eigenvalue weighted by molar-refractivity contribution is 7.17. The molecule has 9 heteroatoms. The number of benzene rings is 1. The minimum Gasteiger partial charge on any atom is -0.368 e. The van der Waals surface area contributed by atoms with Gasteiger partial charge in [0.05, 0.1) is 5.52 Å². The number of rotatable bonds is 6. The van der Waals surface area contributed by atoms with Crippen LogP contribution < -0.4 is 10.5 Å². The van der Waals surface area contributed by atoms with Crippen LogP contribution in [-0.4, -0.2) is 56.2 Å². The predicted octanol–water partition coefficient (Wildman–Crippen LogP) is 3.04. The van der Waals surface area contributed by atoms with Gasteiger partial charge in [0.2, 0.25) is 11.7 Å². The number of thiophene rings is 1. The Morgan fingerprint density at radius 1 is 1.06 bits per heavy atom. The van der Waals surface area contributed by atoms with Crippen LogP contribution in [0.1, 0.15) is 26.1 Å². The smallest absolute Gasteiger partial charge is 0.272 e. The van der Waals surface area contributed by atoms with Gasteiger partial charge in [0.1, 0.15) is 10.5 Å². The molecule has 0 N–H and O–H groups in total. The molecule has 0 saturated carbocycles. The summed E-state index contributed by atoms with van der Waals surface area (Å²) < 4.78 is 4.37. The maximum Gasteiger partial charge on any atom is 0.272 e. The van der Waals surface area contributed by atoms with Gasteiger partial charge in [-0.25, -0.2) is 0 Å². The third-order valence-electron chi connectivity index (χ3n) is 6.14. The van der Waals surface area contributed by atoms with Crippen molar-refractivity contribution in [3.8, 4) is 0 Å². The zero-order valence-corrected chi connectivity index (χ0v) is 19.8. The van der Waals surface area contributed by atoms with Crippen LogP contribution in [0.15, 0.2) is 46.6 Å². The fourth-order valence-electron chi connectivity index (χ4n) is 4.50. The largest absolute Gasteiger partial charge is 0.368 e. The van der Waals surface area contributed by atoms with Crippen molar-refractivity contribution >= 4 is 38.9 Å². The first-order chi connectivity index (χ1) is 16.0. The first kappa shape index (κ1) is 21.6. The predicted molar refractivity (Wildman–Crippen MR) is 131 cm³/mol. The molecule has 0 atom stereocenters. The summed E-state index contributed by atoms with van der Waals surface area (Å²) in [6.45, 7) is 7.85. The Labute approximate surface area is 196 Å². The zero-order valence-electron chi connectivity index (χ0n) is 19.0. The Bertz CT molecular complexity index is 1330. The van der Waals surface area contributed by atoms with Gasteiger partial charge in [-0.2, -0.15) is 0 Å². The molecule has 0 spiro atoms. The lowest BCUT2D eigenvalue weighted by Gasteiger charge is -2.36. The number of carbonyl (C=O) groups is 1. The number of carbonyl (C=O) groups excluding carboxylic acids is 1. The molecule has 1 aliphatic heterocycles. The molecule has 0 aliphatic carbocycles. The molecule has 172 valence electrons. The van der Waals surface area contributed by atoms with Crippen molar-refractivity contribution in [2.24, 2.45) is 5.92 Å². The molecule has 4 aromatic rings. The third kappa shape index (κ3) is 4.13. The maximum atomic E-state index is 13.0. The average molecular weight is 465 g/mol. The second-order valence-electron chi connectivity index (χ2n) is 8.90. The van der Waals surface area contributed by atoms with Gasteiger partial charge in [0, 0.05) is 51.3 Å². The summed E-state index contributed by atoms with van der Waals surface area (Å²) in [7, 11) is 0. The lowest BCUT2D eigenvalue weighted by atomic mass is 10.2. The highest BCUT2D eigenvalue weighted by Gasteiger charge is 2.23. The van der Waals surface area contributed by atoms with Crippen LogP contribution in [0.3, 0.4) is 0 Å². The minimum atomic E-state index is -0.0208. The summed E-state index contributed by atoms with van der Waals surface area (Å²) in [6, 6.07) is 12.3. The van der Waals surface area contributed by atoms with E-state index in [1.807, 2.05) is 38.9 Å². The van der Waals surface area contributed by atoms with Crippen LogP contribution in [0.25, 0.3) is 16.0 Å². The van der Waals surface area contributed by atoms with Gasteiger partial charge in [0.25, 0.3) is 5.56 Å². The van der Waals surface area contributed by atoms with Crippen molar-refractivity contribution in [2.45, 2.75) is 33.2 Å². The van der Waals surface area contributed by atoms with Crippen LogP contribution in [-0.2, 0) is 17.8 Å². The van der Waals surface area contributed by atoms with Crippen molar-refractivity contribution in [2.75, 3.05) is 31.1 Å². The first-order valence-electron chi connectivity index (χ1n) is 11.4. The summed E-state index contributed by atoms with van der Waals surface area (Å²) in [5.41, 5.74) is 2.00. The van der Waals surface area contributed by atoms with E-state index in [1.165, 1.54) is 17.0 Å². The fraction of sp³-hybridized carbons (Fsp3) is 0.417. The molecule has 0 bridgehead atoms. The quantitative estimate of drug-likeness (QED) is 0.438. The SMILES string of the molecule is CC(C)Cn1c(=O)c2sccc2n2c(CCC(=O)N3CCN(c4ccccc4)CC3)nnc12. The van der Waals surface area contributed by atoms with Gasteiger partial charge in [-0.1, -0.05) is 32.0 Å². The Balaban J connectivity index is 1.32. The van der Waals surface area contributed by atoms with E-state index in [0.717, 1.165) is 37.5 Å². The molecule has 4 heterocycles. The van der Waals surface area contributed by atoms with Crippen LogP contribution >= 0.6 is 11.3 Å². The molecular weight excluding hydrogens is 436 g/mol. The zero-order chi connectivity index (χ0) is 22.9. The number of aryl methyl sites for hydroxylation is 1. The number of aromatic nitrogens is 4. The van der Waals surface area contributed by atoms with Gasteiger partial charge in [-0.15, -0.1) is 21.5 Å². The van der Waals surface area contributed by atoms with E-state index in [-0.39, 0.29) is 11.5 Å². The van der Waals surface area contributed by atoms with Gasteiger partial charge >= 0.3 is 0 Å². The van der Waals surface area contributed by atoms with E-state index in [1.54, 1.807) is 4.57 Å². The van der Waals surface area contributed by atoms with Crippen molar-refractivity contribution in [1.82, 2.24) is 24.1 Å². The van der Waals surface area contributed by atoms with Crippen LogP contribution in [0.2, 0.25) is 0 Å². The lowest BCUT2D eigenvalue weighted by molar-refractivity contribution is -0.131. The van der Waals surface area contributed by atoms with E-state index in [9.17, 15) is 9.59 Å². The number of para-hydroxylation sites is 1. The maximum absolute atomic E-state index is 13.0. The highest BCUT2D eigenvalue weighted by Crippen LogP contribution is 2.21. The van der Waals surface area contributed by atoms with Crippen molar-refractivity contribution in [1.29, 1.82) is 0 Å². The summed E-state index contributed by atoms with van der Waals surface area (Å²) in [4.78, 5) is 30.2. The number of hydrogen-bond acceptors (Lipinski definition) is 6. The summed E-state index contributed by atoms with van der Waals surface area (Å²) >= 11 is 1.44. The van der Waals surface area contributed by atoms with Crippen LogP contribution in [0.4, 0.5) is 5.69 Å². The monoisotopic (exact) mass is 464 g/mol. The molecule has 1 saturated heterocycles. The molecule has 1 amide bonds. The number of nitrogens with zero attached hydrogens (tertiary/aromatic N) is 6. The second kappa shape index (κ2) is 8.97. The van der Waals surface area contributed by atoms with E-state index in [2.05, 4.69) is 41.1 Å². The molecular formula is C24H28N6O2S. The normalized spacial score (nSPS) is 14.6. The number of hydrogen-bond donors (Lipinski definition) is 0. The summed E-state index contributed by atoms with van der Waals surface area (Å²) in [6.07, 6.45) is 0.866. The van der Waals surface area contributed by atoms with Gasteiger partial charge in [-0.3, -0.25) is 18.6 Å². The van der Waals surface area contributed by atoms with E-state index in [0.29, 0.717) is 35.8 Å². The topological polar surface area (TPSA) is 75.7 Å². The number of anilines is 1. The Morgan fingerprint density at radius 2 is 1.82 bits per heavy atom. The fourth-order valence-corrected chi connectivity index (χ4v) is 5.33. The molecule has 0 unspecified atom stereocenters. The third-order valence-corrected chi connectivity index (χ3v) is 7.03. The minimum absolute atomic E-state index is 0.0208. The second-order valence-corrected chi connectivity index (χ2v) is 9.82. The van der Waals surface area contributed by atoms with Gasteiger partial charge in [-0.05, 0) is 29.5 Å². The number of piperazine rings is 1. The van der Waals surface area contributed by atoms with Crippen molar-refractivity contribution < 1.29 is 4.79 Å².